The van der Waals surface area contributed by atoms with Crippen molar-refractivity contribution in [1.29, 1.82) is 0 Å². The number of aliphatic hydroxyl groups is 2. The maximum atomic E-state index is 9.79. The van der Waals surface area contributed by atoms with Crippen molar-refractivity contribution in [3.8, 4) is 0 Å². The number of hydrogen-bond donors (Lipinski definition) is 3. The SMILES string of the molecule is CC1CCCC(CNC(C)(C)C)(CN2CC(O)C(O)C2)C1. The minimum absolute atomic E-state index is 0.137. The molecule has 0 amide bonds. The summed E-state index contributed by atoms with van der Waals surface area (Å²) in [7, 11) is 0. The fourth-order valence-electron chi connectivity index (χ4n) is 4.03. The Labute approximate surface area is 129 Å². The number of aliphatic hydroxyl groups excluding tert-OH is 2. The average Bonchev–Trinajstić information content (AvgIpc) is 2.65. The van der Waals surface area contributed by atoms with Gasteiger partial charge in [0.05, 0.1) is 12.2 Å². The van der Waals surface area contributed by atoms with Gasteiger partial charge in [0, 0.05) is 31.7 Å². The predicted octanol–water partition coefficient (Wildman–Crippen LogP) is 1.61. The zero-order valence-electron chi connectivity index (χ0n) is 14.2. The van der Waals surface area contributed by atoms with Gasteiger partial charge in [-0.25, -0.2) is 0 Å². The number of rotatable bonds is 4. The highest BCUT2D eigenvalue weighted by atomic mass is 16.3. The van der Waals surface area contributed by atoms with E-state index in [1.54, 1.807) is 0 Å². The van der Waals surface area contributed by atoms with E-state index in [0.717, 1.165) is 19.0 Å². The van der Waals surface area contributed by atoms with Crippen LogP contribution in [0.2, 0.25) is 0 Å². The van der Waals surface area contributed by atoms with E-state index in [0.29, 0.717) is 13.1 Å². The molecule has 1 aliphatic carbocycles. The van der Waals surface area contributed by atoms with Crippen LogP contribution in [-0.2, 0) is 0 Å². The molecule has 0 aromatic rings. The molecule has 4 unspecified atom stereocenters. The average molecular weight is 298 g/mol. The first-order valence-electron chi connectivity index (χ1n) is 8.53. The Kier molecular flexibility index (Phi) is 5.35. The van der Waals surface area contributed by atoms with Gasteiger partial charge in [-0.05, 0) is 44.9 Å². The van der Waals surface area contributed by atoms with Gasteiger partial charge >= 0.3 is 0 Å². The molecule has 4 heteroatoms. The van der Waals surface area contributed by atoms with Crippen LogP contribution in [-0.4, -0.2) is 59.0 Å². The summed E-state index contributed by atoms with van der Waals surface area (Å²) in [6.45, 7) is 12.3. The van der Waals surface area contributed by atoms with E-state index in [1.807, 2.05) is 0 Å². The Bertz CT molecular complexity index is 332. The van der Waals surface area contributed by atoms with Crippen molar-refractivity contribution in [3.05, 3.63) is 0 Å². The van der Waals surface area contributed by atoms with Crippen LogP contribution in [0.4, 0.5) is 0 Å². The normalized spacial score (nSPS) is 38.9. The smallest absolute Gasteiger partial charge is 0.0938 e. The maximum absolute atomic E-state index is 9.79. The molecule has 1 saturated carbocycles. The molecular weight excluding hydrogens is 264 g/mol. The fraction of sp³-hybridized carbons (Fsp3) is 1.00. The molecule has 0 aromatic heterocycles. The van der Waals surface area contributed by atoms with Crippen LogP contribution in [0.25, 0.3) is 0 Å². The molecule has 0 radical (unpaired) electrons. The lowest BCUT2D eigenvalue weighted by molar-refractivity contribution is 0.0572. The first kappa shape index (κ1) is 17.2. The van der Waals surface area contributed by atoms with Gasteiger partial charge in [-0.2, -0.15) is 0 Å². The molecule has 4 nitrogen and oxygen atoms in total. The molecular formula is C17H34N2O2. The van der Waals surface area contributed by atoms with E-state index in [4.69, 9.17) is 0 Å². The highest BCUT2D eigenvalue weighted by molar-refractivity contribution is 4.94. The summed E-state index contributed by atoms with van der Waals surface area (Å²) < 4.78 is 0. The van der Waals surface area contributed by atoms with Gasteiger partial charge in [-0.1, -0.05) is 19.8 Å². The largest absolute Gasteiger partial charge is 0.389 e. The second-order valence-corrected chi connectivity index (χ2v) is 8.63. The topological polar surface area (TPSA) is 55.7 Å². The summed E-state index contributed by atoms with van der Waals surface area (Å²) in [4.78, 5) is 2.26. The third-order valence-electron chi connectivity index (χ3n) is 5.07. The van der Waals surface area contributed by atoms with E-state index in [2.05, 4.69) is 37.9 Å². The van der Waals surface area contributed by atoms with E-state index < -0.39 is 12.2 Å². The van der Waals surface area contributed by atoms with Crippen molar-refractivity contribution in [3.63, 3.8) is 0 Å². The van der Waals surface area contributed by atoms with Crippen molar-refractivity contribution < 1.29 is 10.2 Å². The zero-order chi connectivity index (χ0) is 15.7. The van der Waals surface area contributed by atoms with Crippen LogP contribution in [0.5, 0.6) is 0 Å². The molecule has 124 valence electrons. The van der Waals surface area contributed by atoms with Crippen LogP contribution >= 0.6 is 0 Å². The Morgan fingerprint density at radius 3 is 2.33 bits per heavy atom. The second-order valence-electron chi connectivity index (χ2n) is 8.63. The highest BCUT2D eigenvalue weighted by Crippen LogP contribution is 2.40. The summed E-state index contributed by atoms with van der Waals surface area (Å²) in [5.41, 5.74) is 0.423. The molecule has 1 heterocycles. The van der Waals surface area contributed by atoms with Gasteiger partial charge in [0.25, 0.3) is 0 Å². The Balaban J connectivity index is 2.01. The molecule has 3 N–H and O–H groups in total. The summed E-state index contributed by atoms with van der Waals surface area (Å²) in [5.74, 6) is 0.776. The van der Waals surface area contributed by atoms with Gasteiger partial charge in [0.1, 0.15) is 0 Å². The summed E-state index contributed by atoms with van der Waals surface area (Å²) >= 11 is 0. The Morgan fingerprint density at radius 2 is 1.81 bits per heavy atom. The van der Waals surface area contributed by atoms with Crippen LogP contribution in [0.3, 0.4) is 0 Å². The quantitative estimate of drug-likeness (QED) is 0.738. The third kappa shape index (κ3) is 4.92. The van der Waals surface area contributed by atoms with Gasteiger partial charge in [0.2, 0.25) is 0 Å². The van der Waals surface area contributed by atoms with Crippen molar-refractivity contribution >= 4 is 0 Å². The lowest BCUT2D eigenvalue weighted by Crippen LogP contribution is -2.50. The third-order valence-corrected chi connectivity index (χ3v) is 5.07. The molecule has 0 aromatic carbocycles. The van der Waals surface area contributed by atoms with Crippen LogP contribution in [0, 0.1) is 11.3 Å². The molecule has 4 atom stereocenters. The summed E-state index contributed by atoms with van der Waals surface area (Å²) in [6.07, 6.45) is 3.99. The molecule has 2 fully saturated rings. The Hall–Kier alpha value is -0.160. The molecule has 2 aliphatic rings. The van der Waals surface area contributed by atoms with Gasteiger partial charge in [-0.15, -0.1) is 0 Å². The lowest BCUT2D eigenvalue weighted by atomic mass is 9.69. The van der Waals surface area contributed by atoms with Crippen molar-refractivity contribution in [1.82, 2.24) is 10.2 Å². The van der Waals surface area contributed by atoms with Crippen molar-refractivity contribution in [2.45, 2.75) is 71.1 Å². The minimum Gasteiger partial charge on any atom is -0.389 e. The number of nitrogens with zero attached hydrogens (tertiary/aromatic N) is 1. The number of β-amino-alcohol motifs (C(OH)–C–C–N with tert-alkyl or cyclic N) is 2. The highest BCUT2D eigenvalue weighted by Gasteiger charge is 2.40. The van der Waals surface area contributed by atoms with E-state index in [9.17, 15) is 10.2 Å². The Morgan fingerprint density at radius 1 is 1.19 bits per heavy atom. The van der Waals surface area contributed by atoms with Gasteiger partial charge in [-0.3, -0.25) is 4.90 Å². The second kappa shape index (κ2) is 6.53. The van der Waals surface area contributed by atoms with Crippen LogP contribution < -0.4 is 5.32 Å². The fourth-order valence-corrected chi connectivity index (χ4v) is 4.03. The number of likely N-dealkylation sites (tertiary alicyclic amines) is 1. The predicted molar refractivity (Wildman–Crippen MR) is 86.3 cm³/mol. The first-order chi connectivity index (χ1) is 9.69. The van der Waals surface area contributed by atoms with Gasteiger partial charge < -0.3 is 15.5 Å². The monoisotopic (exact) mass is 298 g/mol. The molecule has 0 spiro atoms. The molecule has 21 heavy (non-hydrogen) atoms. The van der Waals surface area contributed by atoms with Crippen LogP contribution in [0.15, 0.2) is 0 Å². The van der Waals surface area contributed by atoms with Crippen molar-refractivity contribution in [2.24, 2.45) is 11.3 Å². The van der Waals surface area contributed by atoms with E-state index >= 15 is 0 Å². The van der Waals surface area contributed by atoms with Crippen LogP contribution in [0.1, 0.15) is 53.4 Å². The minimum atomic E-state index is -0.571. The standard InChI is InChI=1S/C17H34N2O2/c1-13-6-5-7-17(8-13,11-18-16(2,3)4)12-19-9-14(20)15(21)10-19/h13-15,18,20-21H,5-12H2,1-4H3. The van der Waals surface area contributed by atoms with E-state index in [-0.39, 0.29) is 11.0 Å². The van der Waals surface area contributed by atoms with Crippen molar-refractivity contribution in [2.75, 3.05) is 26.2 Å². The maximum Gasteiger partial charge on any atom is 0.0938 e. The zero-order valence-corrected chi connectivity index (χ0v) is 14.2. The summed E-state index contributed by atoms with van der Waals surface area (Å²) in [5, 5.41) is 23.3. The molecule has 2 rings (SSSR count). The number of nitrogens with one attached hydrogen (secondary N) is 1. The lowest BCUT2D eigenvalue weighted by Gasteiger charge is -2.44. The molecule has 1 saturated heterocycles. The summed E-state index contributed by atoms with van der Waals surface area (Å²) in [6, 6.07) is 0. The van der Waals surface area contributed by atoms with E-state index in [1.165, 1.54) is 25.7 Å². The molecule has 1 aliphatic heterocycles. The number of hydrogen-bond acceptors (Lipinski definition) is 4. The molecule has 0 bridgehead atoms. The van der Waals surface area contributed by atoms with Gasteiger partial charge in [0.15, 0.2) is 0 Å². The first-order valence-corrected chi connectivity index (χ1v) is 8.53.